The van der Waals surface area contributed by atoms with Crippen molar-refractivity contribution < 1.29 is 27.8 Å². The van der Waals surface area contributed by atoms with Gasteiger partial charge >= 0.3 is 0 Å². The number of para-hydroxylation sites is 1. The first kappa shape index (κ1) is 29.1. The molecule has 1 N–H and O–H groups in total. The second kappa shape index (κ2) is 12.7. The highest BCUT2D eigenvalue weighted by atomic mass is 19.1. The molecule has 0 atom stereocenters. The lowest BCUT2D eigenvalue weighted by Gasteiger charge is -2.13. The third-order valence-electron chi connectivity index (χ3n) is 6.77. The Balaban J connectivity index is 1.31. The number of methoxy groups -OCH3 is 1. The average Bonchev–Trinajstić information content (AvgIpc) is 3.49. The lowest BCUT2D eigenvalue weighted by molar-refractivity contribution is -0.118. The van der Waals surface area contributed by atoms with Crippen LogP contribution in [0.5, 0.6) is 17.2 Å². The van der Waals surface area contributed by atoms with Gasteiger partial charge in [-0.1, -0.05) is 24.3 Å². The number of nitrogens with zero attached hydrogens (tertiary/aromatic N) is 3. The highest BCUT2D eigenvalue weighted by molar-refractivity contribution is 5.92. The van der Waals surface area contributed by atoms with Crippen molar-refractivity contribution in [2.24, 2.45) is 5.10 Å². The Morgan fingerprint density at radius 1 is 0.956 bits per heavy atom. The number of halogens is 1. The molecule has 0 unspecified atom stereocenters. The number of hydrogen-bond donors (Lipinski definition) is 1. The van der Waals surface area contributed by atoms with Crippen LogP contribution in [0.2, 0.25) is 0 Å². The van der Waals surface area contributed by atoms with E-state index < -0.39 is 11.7 Å². The summed E-state index contributed by atoms with van der Waals surface area (Å²) in [5, 5.41) is 8.22. The van der Waals surface area contributed by atoms with E-state index in [1.165, 1.54) is 29.1 Å². The van der Waals surface area contributed by atoms with E-state index in [1.807, 2.05) is 19.1 Å². The molecule has 10 nitrogen and oxygen atoms in total. The van der Waals surface area contributed by atoms with Gasteiger partial charge in [0.25, 0.3) is 11.5 Å². The van der Waals surface area contributed by atoms with Crippen molar-refractivity contribution in [3.63, 3.8) is 0 Å². The van der Waals surface area contributed by atoms with Crippen LogP contribution in [0.15, 0.2) is 105 Å². The first-order valence-corrected chi connectivity index (χ1v) is 14.0. The van der Waals surface area contributed by atoms with Crippen molar-refractivity contribution in [1.82, 2.24) is 9.66 Å². The highest BCUT2D eigenvalue weighted by Gasteiger charge is 2.18. The lowest BCUT2D eigenvalue weighted by Crippen LogP contribution is -2.20. The van der Waals surface area contributed by atoms with Gasteiger partial charge in [-0.3, -0.25) is 9.59 Å². The zero-order valence-electron chi connectivity index (χ0n) is 24.3. The van der Waals surface area contributed by atoms with Gasteiger partial charge in [-0.15, -0.1) is 0 Å². The molecule has 0 spiro atoms. The number of amides is 1. The summed E-state index contributed by atoms with van der Waals surface area (Å²) in [6.07, 6.45) is 1.49. The molecular weight excluding hydrogens is 579 g/mol. The van der Waals surface area contributed by atoms with Crippen LogP contribution in [0, 0.1) is 5.82 Å². The van der Waals surface area contributed by atoms with Crippen LogP contribution in [0.1, 0.15) is 12.5 Å². The number of rotatable bonds is 10. The van der Waals surface area contributed by atoms with Crippen LogP contribution < -0.4 is 25.1 Å². The Morgan fingerprint density at radius 2 is 1.80 bits per heavy atom. The van der Waals surface area contributed by atoms with E-state index in [4.69, 9.17) is 23.6 Å². The number of furan rings is 1. The van der Waals surface area contributed by atoms with Gasteiger partial charge in [-0.25, -0.2) is 9.37 Å². The Bertz CT molecular complexity index is 2120. The number of anilines is 1. The fourth-order valence-corrected chi connectivity index (χ4v) is 4.74. The minimum Gasteiger partial charge on any atom is -0.496 e. The van der Waals surface area contributed by atoms with Crippen molar-refractivity contribution in [2.75, 3.05) is 25.6 Å². The predicted octanol–water partition coefficient (Wildman–Crippen LogP) is 6.26. The molecule has 11 heteroatoms. The fourth-order valence-electron chi connectivity index (χ4n) is 4.74. The molecule has 0 aliphatic rings. The fraction of sp³-hybridized carbons (Fsp3) is 0.118. The standard InChI is InChI=1S/C34H27FN4O6/c1-3-43-30-16-21(14-15-29(30)44-20-32(40)37-23-9-6-8-22(35)17-23)19-36-39-33(38-26-11-5-4-10-24(26)34(39)41)31-18-25-27(42-2)12-7-13-28(25)45-31/h4-19H,3,20H2,1-2H3,(H,37,40). The maximum absolute atomic E-state index is 13.6. The average molecular weight is 607 g/mol. The van der Waals surface area contributed by atoms with E-state index in [9.17, 15) is 14.0 Å². The van der Waals surface area contributed by atoms with E-state index in [-0.39, 0.29) is 18.0 Å². The Morgan fingerprint density at radius 3 is 2.62 bits per heavy atom. The molecule has 45 heavy (non-hydrogen) atoms. The quantitative estimate of drug-likeness (QED) is 0.183. The highest BCUT2D eigenvalue weighted by Crippen LogP contribution is 2.33. The minimum atomic E-state index is -0.465. The lowest BCUT2D eigenvalue weighted by atomic mass is 10.2. The van der Waals surface area contributed by atoms with Crippen LogP contribution in [0.25, 0.3) is 33.5 Å². The SMILES string of the molecule is CCOc1cc(C=Nn2c(-c3cc4c(OC)cccc4o3)nc3ccccc3c2=O)ccc1OCC(=O)Nc1cccc(F)c1. The van der Waals surface area contributed by atoms with Gasteiger partial charge in [-0.05, 0) is 79.2 Å². The van der Waals surface area contributed by atoms with Crippen LogP contribution in [0.4, 0.5) is 10.1 Å². The van der Waals surface area contributed by atoms with Crippen molar-refractivity contribution in [1.29, 1.82) is 0 Å². The van der Waals surface area contributed by atoms with Gasteiger partial charge in [0.15, 0.2) is 23.9 Å². The van der Waals surface area contributed by atoms with Gasteiger partial charge in [0, 0.05) is 5.69 Å². The van der Waals surface area contributed by atoms with Crippen LogP contribution in [0.3, 0.4) is 0 Å². The van der Waals surface area contributed by atoms with E-state index >= 15 is 0 Å². The zero-order valence-corrected chi connectivity index (χ0v) is 24.3. The molecule has 0 bridgehead atoms. The largest absolute Gasteiger partial charge is 0.496 e. The molecule has 0 aliphatic heterocycles. The van der Waals surface area contributed by atoms with Gasteiger partial charge in [-0.2, -0.15) is 9.78 Å². The molecule has 1 amide bonds. The maximum Gasteiger partial charge on any atom is 0.282 e. The number of carbonyl (C=O) groups is 1. The first-order valence-electron chi connectivity index (χ1n) is 14.0. The summed E-state index contributed by atoms with van der Waals surface area (Å²) in [4.78, 5) is 30.7. The Kier molecular flexibility index (Phi) is 8.23. The summed E-state index contributed by atoms with van der Waals surface area (Å²) in [5.41, 5.74) is 1.60. The van der Waals surface area contributed by atoms with Crippen molar-refractivity contribution in [3.05, 3.63) is 113 Å². The number of ether oxygens (including phenoxy) is 3. The third-order valence-corrected chi connectivity index (χ3v) is 6.77. The number of fused-ring (bicyclic) bond motifs is 2. The summed E-state index contributed by atoms with van der Waals surface area (Å²) < 4.78 is 37.6. The molecule has 226 valence electrons. The molecule has 0 saturated carbocycles. The monoisotopic (exact) mass is 606 g/mol. The molecule has 4 aromatic carbocycles. The third kappa shape index (κ3) is 6.23. The second-order valence-corrected chi connectivity index (χ2v) is 9.78. The smallest absolute Gasteiger partial charge is 0.282 e. The minimum absolute atomic E-state index is 0.211. The number of nitrogens with one attached hydrogen (secondary N) is 1. The van der Waals surface area contributed by atoms with Crippen molar-refractivity contribution in [3.8, 4) is 28.8 Å². The van der Waals surface area contributed by atoms with Crippen LogP contribution in [-0.2, 0) is 4.79 Å². The number of carbonyl (C=O) groups excluding carboxylic acids is 1. The van der Waals surface area contributed by atoms with Crippen LogP contribution >= 0.6 is 0 Å². The summed E-state index contributed by atoms with van der Waals surface area (Å²) in [7, 11) is 1.57. The Labute approximate surface area is 256 Å². The predicted molar refractivity (Wildman–Crippen MR) is 169 cm³/mol. The molecule has 6 aromatic rings. The van der Waals surface area contributed by atoms with Crippen LogP contribution in [-0.4, -0.2) is 42.1 Å². The molecule has 0 aliphatic carbocycles. The summed E-state index contributed by atoms with van der Waals surface area (Å²) in [5.74, 6) is 0.937. The first-order chi connectivity index (χ1) is 21.9. The van der Waals surface area contributed by atoms with Gasteiger partial charge in [0.05, 0.1) is 36.2 Å². The summed E-state index contributed by atoms with van der Waals surface area (Å²) >= 11 is 0. The molecule has 0 radical (unpaired) electrons. The number of benzene rings is 4. The molecule has 0 saturated heterocycles. The summed E-state index contributed by atoms with van der Waals surface area (Å²) in [6, 6.07) is 24.8. The van der Waals surface area contributed by atoms with E-state index in [1.54, 1.807) is 67.8 Å². The number of hydrogen-bond acceptors (Lipinski definition) is 8. The Hall–Kier alpha value is -5.97. The normalized spacial score (nSPS) is 11.3. The topological polar surface area (TPSA) is 117 Å². The van der Waals surface area contributed by atoms with Crippen molar-refractivity contribution in [2.45, 2.75) is 6.92 Å². The molecule has 2 aromatic heterocycles. The second-order valence-electron chi connectivity index (χ2n) is 9.78. The molecule has 6 rings (SSSR count). The summed E-state index contributed by atoms with van der Waals surface area (Å²) in [6.45, 7) is 1.82. The van der Waals surface area contributed by atoms with E-state index in [2.05, 4.69) is 10.4 Å². The van der Waals surface area contributed by atoms with Gasteiger partial charge < -0.3 is 23.9 Å². The van der Waals surface area contributed by atoms with Crippen molar-refractivity contribution >= 4 is 39.7 Å². The van der Waals surface area contributed by atoms with E-state index in [0.717, 1.165) is 5.39 Å². The molecule has 0 fully saturated rings. The van der Waals surface area contributed by atoms with Gasteiger partial charge in [0.2, 0.25) is 5.82 Å². The molecular formula is C34H27FN4O6. The molecule has 2 heterocycles. The zero-order chi connectivity index (χ0) is 31.3. The maximum atomic E-state index is 13.6. The van der Waals surface area contributed by atoms with Gasteiger partial charge in [0.1, 0.15) is 17.1 Å². The number of aromatic nitrogens is 2. The van der Waals surface area contributed by atoms with E-state index in [0.29, 0.717) is 57.4 Å².